The van der Waals surface area contributed by atoms with Crippen LogP contribution in [0, 0.1) is 0 Å². The lowest BCUT2D eigenvalue weighted by Gasteiger charge is -2.31. The van der Waals surface area contributed by atoms with Crippen LogP contribution in [-0.2, 0) is 27.7 Å². The number of imidazole rings is 1. The molecule has 146 valence electrons. The van der Waals surface area contributed by atoms with E-state index >= 15 is 0 Å². The molecule has 1 aromatic heterocycles. The number of nitrogens with zero attached hydrogens (tertiary/aromatic N) is 3. The number of amides is 2. The van der Waals surface area contributed by atoms with E-state index in [1.807, 2.05) is 0 Å². The largest absolute Gasteiger partial charge is 1.00 e. The number of halogens is 1. The third kappa shape index (κ3) is 5.32. The lowest BCUT2D eigenvalue weighted by Crippen LogP contribution is -3.00. The Bertz CT molecular complexity index is 683. The molecule has 1 aromatic rings. The van der Waals surface area contributed by atoms with Gasteiger partial charge in [0.1, 0.15) is 17.8 Å². The molecule has 0 saturated heterocycles. The van der Waals surface area contributed by atoms with Gasteiger partial charge in [0.15, 0.2) is 5.69 Å². The molecule has 1 N–H and O–H groups in total. The molecular formula is C16H25IN4O5. The predicted octanol–water partition coefficient (Wildman–Crippen LogP) is -2.79. The highest BCUT2D eigenvalue weighted by atomic mass is 127. The van der Waals surface area contributed by atoms with Gasteiger partial charge in [-0.3, -0.25) is 4.90 Å². The number of aryl methyl sites for hydroxylation is 1. The van der Waals surface area contributed by atoms with Crippen molar-refractivity contribution in [2.45, 2.75) is 38.8 Å². The Morgan fingerprint density at radius 1 is 1.38 bits per heavy atom. The first-order valence-electron chi connectivity index (χ1n) is 8.04. The summed E-state index contributed by atoms with van der Waals surface area (Å²) < 4.78 is 13.2. The maximum atomic E-state index is 12.7. The number of methoxy groups -OCH3 is 1. The van der Waals surface area contributed by atoms with Crippen LogP contribution in [0.15, 0.2) is 12.5 Å². The Morgan fingerprint density at radius 3 is 2.62 bits per heavy atom. The molecule has 0 fully saturated rings. The summed E-state index contributed by atoms with van der Waals surface area (Å²) in [4.78, 5) is 37.9. The first kappa shape index (κ1) is 22.2. The van der Waals surface area contributed by atoms with Gasteiger partial charge in [0, 0.05) is 19.5 Å². The summed E-state index contributed by atoms with van der Waals surface area (Å²) in [5, 5.41) is 2.59. The molecule has 10 heteroatoms. The van der Waals surface area contributed by atoms with Gasteiger partial charge in [-0.2, -0.15) is 0 Å². The molecule has 0 radical (unpaired) electrons. The second kappa shape index (κ2) is 8.69. The first-order chi connectivity index (χ1) is 11.6. The number of hydrogen-bond acceptors (Lipinski definition) is 5. The fourth-order valence-electron chi connectivity index (χ4n) is 2.68. The minimum atomic E-state index is -0.722. The van der Waals surface area contributed by atoms with Crippen LogP contribution in [0.5, 0.6) is 0 Å². The summed E-state index contributed by atoms with van der Waals surface area (Å²) in [6.45, 7) is 5.63. The molecule has 2 amide bonds. The fraction of sp³-hybridized carbons (Fsp3) is 0.625. The van der Waals surface area contributed by atoms with Gasteiger partial charge in [0.25, 0.3) is 6.33 Å². The van der Waals surface area contributed by atoms with Crippen LogP contribution >= 0.6 is 0 Å². The third-order valence-electron chi connectivity index (χ3n) is 3.68. The molecule has 9 nitrogen and oxygen atoms in total. The quantitative estimate of drug-likeness (QED) is 0.286. The SMILES string of the molecule is COC(=O)[C@@H]1Cc2c[n+](C)cn2C(=O)N1CCNC(=O)OC(C)(C)C.[I-]. The van der Waals surface area contributed by atoms with Crippen LogP contribution in [0.2, 0.25) is 0 Å². The lowest BCUT2D eigenvalue weighted by atomic mass is 10.1. The van der Waals surface area contributed by atoms with Crippen molar-refractivity contribution in [3.8, 4) is 0 Å². The van der Waals surface area contributed by atoms with E-state index in [4.69, 9.17) is 9.47 Å². The highest BCUT2D eigenvalue weighted by Gasteiger charge is 2.41. The summed E-state index contributed by atoms with van der Waals surface area (Å²) in [7, 11) is 3.09. The number of fused-ring (bicyclic) bond motifs is 1. The van der Waals surface area contributed by atoms with Crippen LogP contribution in [-0.4, -0.2) is 59.4 Å². The number of rotatable bonds is 4. The number of esters is 1. The van der Waals surface area contributed by atoms with Crippen LogP contribution in [0.1, 0.15) is 26.5 Å². The van der Waals surface area contributed by atoms with E-state index in [1.165, 1.54) is 16.6 Å². The maximum Gasteiger partial charge on any atom is 0.416 e. The summed E-state index contributed by atoms with van der Waals surface area (Å²) >= 11 is 0. The molecule has 0 aliphatic carbocycles. The van der Waals surface area contributed by atoms with Gasteiger partial charge in [-0.1, -0.05) is 0 Å². The van der Waals surface area contributed by atoms with E-state index < -0.39 is 23.7 Å². The number of carbonyl (C=O) groups is 3. The van der Waals surface area contributed by atoms with E-state index in [2.05, 4.69) is 5.32 Å². The van der Waals surface area contributed by atoms with Crippen molar-refractivity contribution in [3.05, 3.63) is 18.2 Å². The van der Waals surface area contributed by atoms with Crippen molar-refractivity contribution in [2.75, 3.05) is 20.2 Å². The van der Waals surface area contributed by atoms with Gasteiger partial charge in [0.05, 0.1) is 14.2 Å². The van der Waals surface area contributed by atoms with Gasteiger partial charge in [0.2, 0.25) is 0 Å². The highest BCUT2D eigenvalue weighted by Crippen LogP contribution is 2.18. The zero-order chi connectivity index (χ0) is 18.8. The monoisotopic (exact) mass is 480 g/mol. The molecule has 2 rings (SSSR count). The van der Waals surface area contributed by atoms with E-state index in [1.54, 1.807) is 44.9 Å². The zero-order valence-corrected chi connectivity index (χ0v) is 17.8. The zero-order valence-electron chi connectivity index (χ0n) is 15.6. The van der Waals surface area contributed by atoms with Crippen molar-refractivity contribution in [3.63, 3.8) is 0 Å². The van der Waals surface area contributed by atoms with E-state index in [0.29, 0.717) is 6.42 Å². The van der Waals surface area contributed by atoms with E-state index in [0.717, 1.165) is 5.69 Å². The smallest absolute Gasteiger partial charge is 0.416 e. The molecule has 0 bridgehead atoms. The van der Waals surface area contributed by atoms with Crippen LogP contribution in [0.4, 0.5) is 9.59 Å². The molecule has 0 saturated carbocycles. The van der Waals surface area contributed by atoms with Crippen molar-refractivity contribution < 1.29 is 52.4 Å². The average molecular weight is 480 g/mol. The fourth-order valence-corrected chi connectivity index (χ4v) is 2.68. The Hall–Kier alpha value is -1.85. The van der Waals surface area contributed by atoms with Gasteiger partial charge in [-0.25, -0.2) is 19.0 Å². The second-order valence-corrected chi connectivity index (χ2v) is 6.92. The normalized spacial score (nSPS) is 16.4. The molecule has 1 aliphatic rings. The molecule has 2 heterocycles. The number of alkyl carbamates (subject to hydrolysis) is 1. The Morgan fingerprint density at radius 2 is 2.04 bits per heavy atom. The first-order valence-corrected chi connectivity index (χ1v) is 8.04. The van der Waals surface area contributed by atoms with E-state index in [9.17, 15) is 14.4 Å². The number of ether oxygens (including phenoxy) is 2. The highest BCUT2D eigenvalue weighted by molar-refractivity contribution is 5.87. The average Bonchev–Trinajstić information content (AvgIpc) is 2.87. The molecule has 0 spiro atoms. The summed E-state index contributed by atoms with van der Waals surface area (Å²) in [6.07, 6.45) is 3.23. The molecule has 1 aliphatic heterocycles. The van der Waals surface area contributed by atoms with Gasteiger partial charge in [-0.15, -0.1) is 4.57 Å². The van der Waals surface area contributed by atoms with Gasteiger partial charge >= 0.3 is 18.1 Å². The summed E-state index contributed by atoms with van der Waals surface area (Å²) in [5.74, 6) is -0.485. The van der Waals surface area contributed by atoms with Gasteiger partial charge in [-0.05, 0) is 20.8 Å². The van der Waals surface area contributed by atoms with Gasteiger partial charge < -0.3 is 38.8 Å². The van der Waals surface area contributed by atoms with Crippen molar-refractivity contribution in [2.24, 2.45) is 7.05 Å². The van der Waals surface area contributed by atoms with Crippen molar-refractivity contribution in [1.29, 1.82) is 0 Å². The number of carbonyl (C=O) groups excluding carboxylic acids is 3. The van der Waals surface area contributed by atoms with E-state index in [-0.39, 0.29) is 43.1 Å². The molecule has 0 unspecified atom stereocenters. The lowest BCUT2D eigenvalue weighted by molar-refractivity contribution is -0.670. The molecule has 26 heavy (non-hydrogen) atoms. The maximum absolute atomic E-state index is 12.7. The summed E-state index contributed by atoms with van der Waals surface area (Å²) in [6, 6.07) is -1.05. The van der Waals surface area contributed by atoms with Crippen LogP contribution in [0.3, 0.4) is 0 Å². The minimum absolute atomic E-state index is 0. The predicted molar refractivity (Wildman–Crippen MR) is 86.9 cm³/mol. The van der Waals surface area contributed by atoms with Crippen molar-refractivity contribution >= 4 is 18.1 Å². The van der Waals surface area contributed by atoms with Crippen LogP contribution < -0.4 is 33.9 Å². The summed E-state index contributed by atoms with van der Waals surface area (Å²) in [5.41, 5.74) is 0.133. The second-order valence-electron chi connectivity index (χ2n) is 6.92. The molecular weight excluding hydrogens is 455 g/mol. The topological polar surface area (TPSA) is 93.8 Å². The third-order valence-corrected chi connectivity index (χ3v) is 3.68. The van der Waals surface area contributed by atoms with Crippen molar-refractivity contribution in [1.82, 2.24) is 14.8 Å². The standard InChI is InChI=1S/C16H24N4O5.HI/c1-16(2,3)25-14(22)17-6-7-19-12(13(21)24-5)8-11-9-18(4)10-20(11)15(19)23;/h9-10,12H,6-8H2,1-5H3;1H/t12-;/m0./s1. The van der Waals surface area contributed by atoms with Crippen LogP contribution in [0.25, 0.3) is 0 Å². The Kier molecular flexibility index (Phi) is 7.42. The Labute approximate surface area is 169 Å². The molecule has 0 aromatic carbocycles. The number of nitrogens with one attached hydrogen (secondary N) is 1. The minimum Gasteiger partial charge on any atom is -1.00 e. The molecule has 1 atom stereocenters. The number of hydrogen-bond donors (Lipinski definition) is 1. The Balaban J connectivity index is 0.00000338. The number of aromatic nitrogens is 2.